The summed E-state index contributed by atoms with van der Waals surface area (Å²) in [4.78, 5) is 13.9. The molecule has 0 aliphatic rings. The fraction of sp³-hybridized carbons (Fsp3) is 0.0625. The molecule has 1 heterocycles. The molecule has 0 atom stereocenters. The molecule has 3 nitrogen and oxygen atoms in total. The number of rotatable bonds is 2. The van der Waals surface area contributed by atoms with E-state index in [2.05, 4.69) is 4.98 Å². The highest BCUT2D eigenvalue weighted by atomic mass is 19.4. The van der Waals surface area contributed by atoms with Crippen LogP contribution in [-0.2, 0) is 6.18 Å². The second-order valence-corrected chi connectivity index (χ2v) is 4.84. The molecule has 0 fully saturated rings. The Morgan fingerprint density at radius 2 is 1.73 bits per heavy atom. The zero-order valence-corrected chi connectivity index (χ0v) is 11.1. The van der Waals surface area contributed by atoms with Crippen molar-refractivity contribution < 1.29 is 23.1 Å². The van der Waals surface area contributed by atoms with E-state index in [0.717, 1.165) is 23.1 Å². The molecule has 22 heavy (non-hydrogen) atoms. The second-order valence-electron chi connectivity index (χ2n) is 4.84. The van der Waals surface area contributed by atoms with E-state index >= 15 is 0 Å². The molecule has 0 spiro atoms. The summed E-state index contributed by atoms with van der Waals surface area (Å²) in [7, 11) is 0. The summed E-state index contributed by atoms with van der Waals surface area (Å²) >= 11 is 0. The number of alkyl halides is 3. The highest BCUT2D eigenvalue weighted by molar-refractivity contribution is 5.99. The third-order valence-corrected chi connectivity index (χ3v) is 3.45. The van der Waals surface area contributed by atoms with Gasteiger partial charge in [-0.3, -0.25) is 0 Å². The van der Waals surface area contributed by atoms with Crippen LogP contribution in [0, 0.1) is 0 Å². The highest BCUT2D eigenvalue weighted by Gasteiger charge is 2.30. The molecule has 1 aromatic heterocycles. The normalized spacial score (nSPS) is 11.8. The molecule has 0 saturated heterocycles. The molecule has 3 rings (SSSR count). The number of carboxylic acid groups (broad SMARTS) is 1. The van der Waals surface area contributed by atoms with E-state index in [1.807, 2.05) is 0 Å². The van der Waals surface area contributed by atoms with E-state index in [9.17, 15) is 18.0 Å². The van der Waals surface area contributed by atoms with Crippen molar-refractivity contribution in [2.75, 3.05) is 0 Å². The number of carboxylic acids is 1. The molecule has 0 unspecified atom stereocenters. The van der Waals surface area contributed by atoms with Gasteiger partial charge in [0.1, 0.15) is 0 Å². The minimum absolute atomic E-state index is 0.147. The van der Waals surface area contributed by atoms with Gasteiger partial charge in [0.05, 0.1) is 11.1 Å². The highest BCUT2D eigenvalue weighted by Crippen LogP contribution is 2.33. The number of aromatic nitrogens is 1. The molecular formula is C16H10F3NO2. The molecule has 0 amide bonds. The maximum Gasteiger partial charge on any atom is 0.416 e. The number of aromatic carboxylic acids is 1. The van der Waals surface area contributed by atoms with Gasteiger partial charge in [0.2, 0.25) is 0 Å². The first-order valence-electron chi connectivity index (χ1n) is 6.38. The first-order chi connectivity index (χ1) is 10.4. The zero-order chi connectivity index (χ0) is 15.9. The predicted octanol–water partition coefficient (Wildman–Crippen LogP) is 4.55. The fourth-order valence-corrected chi connectivity index (χ4v) is 2.34. The summed E-state index contributed by atoms with van der Waals surface area (Å²) in [5.74, 6) is -1.03. The SMILES string of the molecule is O=C(O)c1ccc2c(-c3ccc(C(F)(F)F)cc3)c[nH]c2c1. The molecule has 112 valence electrons. The first kappa shape index (κ1) is 14.2. The van der Waals surface area contributed by atoms with Gasteiger partial charge in [0.25, 0.3) is 0 Å². The van der Waals surface area contributed by atoms with Crippen LogP contribution in [0.3, 0.4) is 0 Å². The number of hydrogen-bond donors (Lipinski definition) is 2. The number of halogens is 3. The minimum atomic E-state index is -4.37. The van der Waals surface area contributed by atoms with Crippen molar-refractivity contribution in [3.63, 3.8) is 0 Å². The Kier molecular flexibility index (Phi) is 3.16. The van der Waals surface area contributed by atoms with Gasteiger partial charge in [-0.2, -0.15) is 13.2 Å². The van der Waals surface area contributed by atoms with Crippen molar-refractivity contribution in [2.24, 2.45) is 0 Å². The van der Waals surface area contributed by atoms with Gasteiger partial charge in [0, 0.05) is 22.7 Å². The number of aromatic amines is 1. The molecule has 0 aliphatic carbocycles. The fourth-order valence-electron chi connectivity index (χ4n) is 2.34. The molecule has 3 aromatic rings. The van der Waals surface area contributed by atoms with Crippen molar-refractivity contribution in [3.05, 3.63) is 59.8 Å². The van der Waals surface area contributed by atoms with E-state index in [1.54, 1.807) is 12.3 Å². The van der Waals surface area contributed by atoms with Crippen LogP contribution in [0.5, 0.6) is 0 Å². The largest absolute Gasteiger partial charge is 0.478 e. The van der Waals surface area contributed by atoms with Crippen molar-refractivity contribution >= 4 is 16.9 Å². The zero-order valence-electron chi connectivity index (χ0n) is 11.1. The quantitative estimate of drug-likeness (QED) is 0.729. The monoisotopic (exact) mass is 305 g/mol. The lowest BCUT2D eigenvalue weighted by molar-refractivity contribution is -0.137. The molecule has 0 radical (unpaired) electrons. The topological polar surface area (TPSA) is 53.1 Å². The number of benzene rings is 2. The Labute approximate surface area is 123 Å². The van der Waals surface area contributed by atoms with Crippen molar-refractivity contribution in [1.82, 2.24) is 4.98 Å². The maximum absolute atomic E-state index is 12.6. The van der Waals surface area contributed by atoms with Gasteiger partial charge in [-0.15, -0.1) is 0 Å². The van der Waals surface area contributed by atoms with E-state index in [0.29, 0.717) is 11.1 Å². The van der Waals surface area contributed by atoms with E-state index in [4.69, 9.17) is 5.11 Å². The Morgan fingerprint density at radius 3 is 2.32 bits per heavy atom. The predicted molar refractivity (Wildman–Crippen MR) is 75.7 cm³/mol. The smallest absolute Gasteiger partial charge is 0.416 e. The van der Waals surface area contributed by atoms with Gasteiger partial charge in [-0.1, -0.05) is 18.2 Å². The Bertz CT molecular complexity index is 848. The Hall–Kier alpha value is -2.76. The number of nitrogens with one attached hydrogen (secondary N) is 1. The van der Waals surface area contributed by atoms with Gasteiger partial charge in [0.15, 0.2) is 0 Å². The minimum Gasteiger partial charge on any atom is -0.478 e. The van der Waals surface area contributed by atoms with Gasteiger partial charge in [-0.05, 0) is 29.8 Å². The maximum atomic E-state index is 12.6. The van der Waals surface area contributed by atoms with Crippen molar-refractivity contribution in [3.8, 4) is 11.1 Å². The van der Waals surface area contributed by atoms with E-state index < -0.39 is 17.7 Å². The summed E-state index contributed by atoms with van der Waals surface area (Å²) in [5.41, 5.74) is 1.41. The third-order valence-electron chi connectivity index (χ3n) is 3.45. The first-order valence-corrected chi connectivity index (χ1v) is 6.38. The van der Waals surface area contributed by atoms with Gasteiger partial charge in [-0.25, -0.2) is 4.79 Å². The number of fused-ring (bicyclic) bond motifs is 1. The summed E-state index contributed by atoms with van der Waals surface area (Å²) < 4.78 is 37.7. The van der Waals surface area contributed by atoms with Crippen LogP contribution in [0.15, 0.2) is 48.7 Å². The summed E-state index contributed by atoms with van der Waals surface area (Å²) in [5, 5.41) is 9.71. The molecular weight excluding hydrogens is 295 g/mol. The average Bonchev–Trinajstić information content (AvgIpc) is 2.89. The lowest BCUT2D eigenvalue weighted by atomic mass is 10.0. The summed E-state index contributed by atoms with van der Waals surface area (Å²) in [6.45, 7) is 0. The lowest BCUT2D eigenvalue weighted by Gasteiger charge is -2.07. The standard InChI is InChI=1S/C16H10F3NO2/c17-16(18,19)11-4-1-9(2-5-11)13-8-20-14-7-10(15(21)22)3-6-12(13)14/h1-8,20H,(H,21,22). The van der Waals surface area contributed by atoms with Crippen LogP contribution in [0.2, 0.25) is 0 Å². The van der Waals surface area contributed by atoms with Crippen LogP contribution in [0.1, 0.15) is 15.9 Å². The Balaban J connectivity index is 2.05. The lowest BCUT2D eigenvalue weighted by Crippen LogP contribution is -2.03. The molecule has 0 aliphatic heterocycles. The summed E-state index contributed by atoms with van der Waals surface area (Å²) in [6, 6.07) is 9.45. The molecule has 2 N–H and O–H groups in total. The number of hydrogen-bond acceptors (Lipinski definition) is 1. The van der Waals surface area contributed by atoms with E-state index in [-0.39, 0.29) is 5.56 Å². The van der Waals surface area contributed by atoms with Gasteiger partial charge >= 0.3 is 12.1 Å². The molecule has 6 heteroatoms. The molecule has 2 aromatic carbocycles. The van der Waals surface area contributed by atoms with Gasteiger partial charge < -0.3 is 10.1 Å². The van der Waals surface area contributed by atoms with Crippen molar-refractivity contribution in [2.45, 2.75) is 6.18 Å². The summed E-state index contributed by atoms with van der Waals surface area (Å²) in [6.07, 6.45) is -2.71. The number of H-pyrrole nitrogens is 1. The van der Waals surface area contributed by atoms with E-state index in [1.165, 1.54) is 24.3 Å². The third kappa shape index (κ3) is 2.43. The van der Waals surface area contributed by atoms with Crippen LogP contribution in [0.4, 0.5) is 13.2 Å². The van der Waals surface area contributed by atoms with Crippen LogP contribution in [0.25, 0.3) is 22.0 Å². The van der Waals surface area contributed by atoms with Crippen LogP contribution in [-0.4, -0.2) is 16.1 Å². The van der Waals surface area contributed by atoms with Crippen molar-refractivity contribution in [1.29, 1.82) is 0 Å². The number of carbonyl (C=O) groups is 1. The Morgan fingerprint density at radius 1 is 1.05 bits per heavy atom. The average molecular weight is 305 g/mol. The van der Waals surface area contributed by atoms with Crippen LogP contribution >= 0.6 is 0 Å². The molecule has 0 bridgehead atoms. The second kappa shape index (κ2) is 4.91. The molecule has 0 saturated carbocycles. The van der Waals surface area contributed by atoms with Crippen LogP contribution < -0.4 is 0 Å².